The van der Waals surface area contributed by atoms with Gasteiger partial charge in [-0.15, -0.1) is 0 Å². The maximum atomic E-state index is 12.6. The second-order valence-electron chi connectivity index (χ2n) is 6.51. The van der Waals surface area contributed by atoms with Gasteiger partial charge >= 0.3 is 12.1 Å². The van der Waals surface area contributed by atoms with Crippen LogP contribution in [0.3, 0.4) is 0 Å². The van der Waals surface area contributed by atoms with E-state index in [1.807, 2.05) is 26.0 Å². The Hall–Kier alpha value is -2.83. The Kier molecular flexibility index (Phi) is 6.83. The molecular formula is C21H22F3NO3. The number of para-hydroxylation sites is 1. The van der Waals surface area contributed by atoms with Crippen molar-refractivity contribution in [2.75, 3.05) is 5.32 Å². The van der Waals surface area contributed by atoms with Crippen LogP contribution in [0.4, 0.5) is 18.9 Å². The van der Waals surface area contributed by atoms with Crippen LogP contribution in [0.25, 0.3) is 0 Å². The molecule has 0 fully saturated rings. The van der Waals surface area contributed by atoms with E-state index in [1.54, 1.807) is 12.1 Å². The van der Waals surface area contributed by atoms with E-state index in [1.165, 1.54) is 6.92 Å². The van der Waals surface area contributed by atoms with E-state index in [0.717, 1.165) is 36.2 Å². The number of ether oxygens (including phenoxy) is 1. The molecule has 1 amide bonds. The first-order valence-corrected chi connectivity index (χ1v) is 8.91. The van der Waals surface area contributed by atoms with E-state index < -0.39 is 29.7 Å². The Morgan fingerprint density at radius 2 is 1.64 bits per heavy atom. The van der Waals surface area contributed by atoms with Crippen LogP contribution < -0.4 is 5.32 Å². The normalized spacial score (nSPS) is 13.5. The van der Waals surface area contributed by atoms with Crippen molar-refractivity contribution in [3.63, 3.8) is 0 Å². The van der Waals surface area contributed by atoms with Crippen molar-refractivity contribution in [2.24, 2.45) is 0 Å². The molecule has 0 bridgehead atoms. The molecule has 0 radical (unpaired) electrons. The summed E-state index contributed by atoms with van der Waals surface area (Å²) in [7, 11) is 0. The summed E-state index contributed by atoms with van der Waals surface area (Å²) in [6.45, 7) is 5.49. The average Bonchev–Trinajstić information content (AvgIpc) is 2.67. The second kappa shape index (κ2) is 8.91. The summed E-state index contributed by atoms with van der Waals surface area (Å²) in [5.74, 6) is -1.15. The van der Waals surface area contributed by atoms with Gasteiger partial charge in [0.25, 0.3) is 5.91 Å². The van der Waals surface area contributed by atoms with E-state index in [0.29, 0.717) is 5.69 Å². The van der Waals surface area contributed by atoms with Gasteiger partial charge in [0.05, 0.1) is 11.1 Å². The molecule has 0 aromatic heterocycles. The number of esters is 1. The molecule has 0 saturated carbocycles. The lowest BCUT2D eigenvalue weighted by molar-refractivity contribution is -0.137. The van der Waals surface area contributed by atoms with E-state index in [-0.39, 0.29) is 11.5 Å². The van der Waals surface area contributed by atoms with Crippen LogP contribution in [0.15, 0.2) is 48.5 Å². The smallest absolute Gasteiger partial charge is 0.416 e. The fourth-order valence-corrected chi connectivity index (χ4v) is 2.57. The molecule has 0 heterocycles. The van der Waals surface area contributed by atoms with Gasteiger partial charge < -0.3 is 10.1 Å². The molecule has 0 aliphatic carbocycles. The van der Waals surface area contributed by atoms with Crippen LogP contribution in [0.5, 0.6) is 0 Å². The highest BCUT2D eigenvalue weighted by molar-refractivity contribution is 5.97. The maximum Gasteiger partial charge on any atom is 0.416 e. The van der Waals surface area contributed by atoms with Gasteiger partial charge in [0, 0.05) is 5.69 Å². The molecule has 28 heavy (non-hydrogen) atoms. The van der Waals surface area contributed by atoms with Crippen molar-refractivity contribution in [1.82, 2.24) is 0 Å². The van der Waals surface area contributed by atoms with Crippen LogP contribution in [0.1, 0.15) is 54.6 Å². The Labute approximate surface area is 161 Å². The zero-order valence-electron chi connectivity index (χ0n) is 15.8. The topological polar surface area (TPSA) is 55.4 Å². The molecule has 0 aliphatic rings. The minimum atomic E-state index is -4.49. The van der Waals surface area contributed by atoms with E-state index in [9.17, 15) is 22.8 Å². The van der Waals surface area contributed by atoms with Gasteiger partial charge in [-0.1, -0.05) is 32.0 Å². The zero-order chi connectivity index (χ0) is 20.9. The van der Waals surface area contributed by atoms with Crippen molar-refractivity contribution in [2.45, 2.75) is 45.4 Å². The van der Waals surface area contributed by atoms with Gasteiger partial charge in [0.2, 0.25) is 0 Å². The number of nitrogens with one attached hydrogen (secondary N) is 1. The summed E-state index contributed by atoms with van der Waals surface area (Å²) in [5, 5.41) is 2.75. The molecule has 1 N–H and O–H groups in total. The molecule has 0 aliphatic heterocycles. The van der Waals surface area contributed by atoms with Crippen molar-refractivity contribution >= 4 is 17.6 Å². The lowest BCUT2D eigenvalue weighted by Crippen LogP contribution is -2.30. The van der Waals surface area contributed by atoms with Crippen LogP contribution in [-0.4, -0.2) is 18.0 Å². The predicted molar refractivity (Wildman–Crippen MR) is 100 cm³/mol. The first-order valence-electron chi connectivity index (χ1n) is 8.91. The number of amides is 1. The van der Waals surface area contributed by atoms with Gasteiger partial charge in [-0.25, -0.2) is 4.79 Å². The molecule has 2 aromatic carbocycles. The number of hydrogen-bond acceptors (Lipinski definition) is 3. The molecule has 2 atom stereocenters. The average molecular weight is 393 g/mol. The second-order valence-corrected chi connectivity index (χ2v) is 6.51. The third kappa shape index (κ3) is 5.34. The summed E-state index contributed by atoms with van der Waals surface area (Å²) >= 11 is 0. The Bertz CT molecular complexity index is 832. The first-order chi connectivity index (χ1) is 13.1. The van der Waals surface area contributed by atoms with Crippen LogP contribution in [0.2, 0.25) is 0 Å². The number of anilines is 1. The fraction of sp³-hybridized carbons (Fsp3) is 0.333. The molecule has 0 unspecified atom stereocenters. The number of halogens is 3. The lowest BCUT2D eigenvalue weighted by Gasteiger charge is -2.18. The predicted octanol–water partition coefficient (Wildman–Crippen LogP) is 5.40. The molecule has 2 aromatic rings. The first kappa shape index (κ1) is 21.5. The van der Waals surface area contributed by atoms with Crippen molar-refractivity contribution < 1.29 is 27.5 Å². The third-order valence-electron chi connectivity index (χ3n) is 4.46. The number of alkyl halides is 3. The van der Waals surface area contributed by atoms with E-state index in [4.69, 9.17) is 4.74 Å². The van der Waals surface area contributed by atoms with E-state index in [2.05, 4.69) is 5.32 Å². The molecule has 7 heteroatoms. The highest BCUT2D eigenvalue weighted by atomic mass is 19.4. The summed E-state index contributed by atoms with van der Waals surface area (Å²) in [5.41, 5.74) is 0.683. The van der Waals surface area contributed by atoms with Crippen LogP contribution in [0, 0.1) is 0 Å². The van der Waals surface area contributed by atoms with E-state index >= 15 is 0 Å². The minimum absolute atomic E-state index is 0.0624. The highest BCUT2D eigenvalue weighted by Gasteiger charge is 2.30. The van der Waals surface area contributed by atoms with Gasteiger partial charge in [0.1, 0.15) is 0 Å². The molecule has 0 saturated heterocycles. The monoisotopic (exact) mass is 393 g/mol. The highest BCUT2D eigenvalue weighted by Crippen LogP contribution is 2.29. The largest absolute Gasteiger partial charge is 0.449 e. The molecule has 0 spiro atoms. The molecule has 2 rings (SSSR count). The zero-order valence-corrected chi connectivity index (χ0v) is 15.8. The van der Waals surface area contributed by atoms with Gasteiger partial charge in [-0.05, 0) is 55.2 Å². The summed E-state index contributed by atoms with van der Waals surface area (Å²) < 4.78 is 42.9. The third-order valence-corrected chi connectivity index (χ3v) is 4.46. The van der Waals surface area contributed by atoms with Crippen molar-refractivity contribution in [3.8, 4) is 0 Å². The maximum absolute atomic E-state index is 12.6. The lowest BCUT2D eigenvalue weighted by atomic mass is 9.97. The quantitative estimate of drug-likeness (QED) is 0.669. The minimum Gasteiger partial charge on any atom is -0.449 e. The van der Waals surface area contributed by atoms with Gasteiger partial charge in [-0.3, -0.25) is 4.79 Å². The van der Waals surface area contributed by atoms with Crippen LogP contribution >= 0.6 is 0 Å². The van der Waals surface area contributed by atoms with Crippen molar-refractivity contribution in [1.29, 1.82) is 0 Å². The van der Waals surface area contributed by atoms with Gasteiger partial charge in [-0.2, -0.15) is 13.2 Å². The summed E-state index contributed by atoms with van der Waals surface area (Å²) in [6.07, 6.45) is -4.70. The Morgan fingerprint density at radius 1 is 1.04 bits per heavy atom. The number of rotatable bonds is 6. The summed E-state index contributed by atoms with van der Waals surface area (Å²) in [4.78, 5) is 24.5. The fourth-order valence-electron chi connectivity index (χ4n) is 2.57. The summed E-state index contributed by atoms with van der Waals surface area (Å²) in [6, 6.07) is 11.0. The Morgan fingerprint density at radius 3 is 2.21 bits per heavy atom. The number of hydrogen-bond donors (Lipinski definition) is 1. The number of carbonyl (C=O) groups is 2. The van der Waals surface area contributed by atoms with Crippen LogP contribution in [-0.2, 0) is 15.7 Å². The molecular weight excluding hydrogens is 371 g/mol. The SMILES string of the molecule is CC[C@@H](C)c1ccccc1NC(=O)[C@H](C)OC(=O)c1ccc(C(F)(F)F)cc1. The Balaban J connectivity index is 2.04. The molecule has 150 valence electrons. The number of benzene rings is 2. The van der Waals surface area contributed by atoms with Gasteiger partial charge in [0.15, 0.2) is 6.10 Å². The molecule has 4 nitrogen and oxygen atoms in total. The number of carbonyl (C=O) groups excluding carboxylic acids is 2. The van der Waals surface area contributed by atoms with Crippen molar-refractivity contribution in [3.05, 3.63) is 65.2 Å². The standard InChI is InChI=1S/C21H22F3NO3/c1-4-13(2)17-7-5-6-8-18(17)25-19(26)14(3)28-20(27)15-9-11-16(12-10-15)21(22,23)24/h5-14H,4H2,1-3H3,(H,25,26)/t13-,14+/m1/s1.